The second kappa shape index (κ2) is 6.26. The van der Waals surface area contributed by atoms with Crippen molar-refractivity contribution in [2.45, 2.75) is 11.8 Å². The first-order valence-corrected chi connectivity index (χ1v) is 6.95. The van der Waals surface area contributed by atoms with Crippen molar-refractivity contribution in [2.75, 3.05) is 7.11 Å². The third-order valence-corrected chi connectivity index (χ3v) is 3.70. The van der Waals surface area contributed by atoms with Crippen LogP contribution in [-0.4, -0.2) is 7.11 Å². The number of ether oxygens (including phenoxy) is 1. The summed E-state index contributed by atoms with van der Waals surface area (Å²) in [7, 11) is 1.68. The highest BCUT2D eigenvalue weighted by atomic mass is 79.9. The van der Waals surface area contributed by atoms with E-state index in [0.717, 1.165) is 27.8 Å². The van der Waals surface area contributed by atoms with E-state index in [-0.39, 0.29) is 5.38 Å². The molecule has 0 saturated carbocycles. The van der Waals surface area contributed by atoms with Crippen LogP contribution >= 0.6 is 27.5 Å². The highest BCUT2D eigenvalue weighted by molar-refractivity contribution is 9.10. The Kier molecular flexibility index (Phi) is 4.67. The lowest BCUT2D eigenvalue weighted by atomic mass is 10.0. The third-order valence-electron chi connectivity index (χ3n) is 2.80. The molecule has 1 nitrogen and oxygen atoms in total. The van der Waals surface area contributed by atoms with Gasteiger partial charge in [0.2, 0.25) is 0 Å². The van der Waals surface area contributed by atoms with Crippen LogP contribution in [0.25, 0.3) is 0 Å². The van der Waals surface area contributed by atoms with Crippen LogP contribution in [-0.2, 0) is 6.42 Å². The number of halogens is 2. The molecule has 0 N–H and O–H groups in total. The van der Waals surface area contributed by atoms with E-state index in [0.29, 0.717) is 0 Å². The Labute approximate surface area is 121 Å². The molecular formula is C15H14BrClO. The Hall–Kier alpha value is -0.990. The maximum atomic E-state index is 6.47. The standard InChI is InChI=1S/C15H14BrClO/c1-18-15-8-3-2-5-12(15)10-14(17)11-6-4-7-13(16)9-11/h2-9,14H,10H2,1H3. The van der Waals surface area contributed by atoms with Crippen LogP contribution < -0.4 is 4.74 Å². The van der Waals surface area contributed by atoms with Crippen molar-refractivity contribution >= 4 is 27.5 Å². The Morgan fingerprint density at radius 3 is 2.67 bits per heavy atom. The molecule has 2 aromatic carbocycles. The van der Waals surface area contributed by atoms with Gasteiger partial charge in [0.05, 0.1) is 12.5 Å². The van der Waals surface area contributed by atoms with Gasteiger partial charge in [-0.05, 0) is 35.7 Å². The number of rotatable bonds is 4. The molecule has 1 unspecified atom stereocenters. The molecule has 3 heteroatoms. The molecule has 0 saturated heterocycles. The molecule has 2 rings (SSSR count). The zero-order valence-corrected chi connectivity index (χ0v) is 12.4. The minimum Gasteiger partial charge on any atom is -0.496 e. The first-order valence-electron chi connectivity index (χ1n) is 5.72. The van der Waals surface area contributed by atoms with E-state index in [1.54, 1.807) is 7.11 Å². The second-order valence-electron chi connectivity index (χ2n) is 4.04. The van der Waals surface area contributed by atoms with E-state index in [1.165, 1.54) is 0 Å². The first kappa shape index (κ1) is 13.4. The number of hydrogen-bond donors (Lipinski definition) is 0. The summed E-state index contributed by atoms with van der Waals surface area (Å²) in [5, 5.41) is -0.0567. The summed E-state index contributed by atoms with van der Waals surface area (Å²) in [5.74, 6) is 0.887. The monoisotopic (exact) mass is 324 g/mol. The SMILES string of the molecule is COc1ccccc1CC(Cl)c1cccc(Br)c1. The van der Waals surface area contributed by atoms with Crippen LogP contribution in [0.2, 0.25) is 0 Å². The average Bonchev–Trinajstić information content (AvgIpc) is 2.39. The van der Waals surface area contributed by atoms with Crippen molar-refractivity contribution in [2.24, 2.45) is 0 Å². The lowest BCUT2D eigenvalue weighted by Crippen LogP contribution is -1.98. The molecule has 94 valence electrons. The number of alkyl halides is 1. The predicted molar refractivity (Wildman–Crippen MR) is 79.4 cm³/mol. The van der Waals surface area contributed by atoms with Gasteiger partial charge in [-0.1, -0.05) is 46.3 Å². The first-order chi connectivity index (χ1) is 8.70. The third kappa shape index (κ3) is 3.27. The van der Waals surface area contributed by atoms with E-state index in [4.69, 9.17) is 16.3 Å². The van der Waals surface area contributed by atoms with Crippen molar-refractivity contribution in [3.63, 3.8) is 0 Å². The average molecular weight is 326 g/mol. The van der Waals surface area contributed by atoms with Crippen LogP contribution in [0.4, 0.5) is 0 Å². The molecule has 0 aliphatic carbocycles. The molecule has 2 aromatic rings. The fraction of sp³-hybridized carbons (Fsp3) is 0.200. The zero-order chi connectivity index (χ0) is 13.0. The summed E-state index contributed by atoms with van der Waals surface area (Å²) in [6.45, 7) is 0. The van der Waals surface area contributed by atoms with Crippen LogP contribution in [0.1, 0.15) is 16.5 Å². The van der Waals surface area contributed by atoms with E-state index >= 15 is 0 Å². The fourth-order valence-corrected chi connectivity index (χ4v) is 2.60. The van der Waals surface area contributed by atoms with E-state index in [1.807, 2.05) is 48.5 Å². The highest BCUT2D eigenvalue weighted by Gasteiger charge is 2.12. The number of methoxy groups -OCH3 is 1. The number of benzene rings is 2. The molecule has 0 bridgehead atoms. The molecule has 0 aliphatic rings. The van der Waals surface area contributed by atoms with Crippen molar-refractivity contribution in [3.8, 4) is 5.75 Å². The fourth-order valence-electron chi connectivity index (χ4n) is 1.88. The summed E-state index contributed by atoms with van der Waals surface area (Å²) >= 11 is 9.93. The van der Waals surface area contributed by atoms with Gasteiger partial charge >= 0.3 is 0 Å². The van der Waals surface area contributed by atoms with Gasteiger partial charge in [0.15, 0.2) is 0 Å². The van der Waals surface area contributed by atoms with Gasteiger partial charge < -0.3 is 4.74 Å². The normalized spacial score (nSPS) is 12.2. The van der Waals surface area contributed by atoms with Crippen LogP contribution in [0.15, 0.2) is 53.0 Å². The van der Waals surface area contributed by atoms with Crippen molar-refractivity contribution in [1.82, 2.24) is 0 Å². The van der Waals surface area contributed by atoms with Gasteiger partial charge in [0, 0.05) is 4.47 Å². The Morgan fingerprint density at radius 1 is 1.17 bits per heavy atom. The van der Waals surface area contributed by atoms with E-state index in [9.17, 15) is 0 Å². The summed E-state index contributed by atoms with van der Waals surface area (Å²) in [6, 6.07) is 16.1. The van der Waals surface area contributed by atoms with Gasteiger partial charge in [-0.3, -0.25) is 0 Å². The molecule has 0 aliphatic heterocycles. The van der Waals surface area contributed by atoms with E-state index < -0.39 is 0 Å². The summed E-state index contributed by atoms with van der Waals surface area (Å²) in [4.78, 5) is 0. The zero-order valence-electron chi connectivity index (χ0n) is 10.1. The lowest BCUT2D eigenvalue weighted by Gasteiger charge is -2.13. The Balaban J connectivity index is 2.18. The van der Waals surface area contributed by atoms with Crippen LogP contribution in [0.5, 0.6) is 5.75 Å². The largest absolute Gasteiger partial charge is 0.496 e. The van der Waals surface area contributed by atoms with Crippen LogP contribution in [0, 0.1) is 0 Å². The molecule has 1 atom stereocenters. The maximum absolute atomic E-state index is 6.47. The Morgan fingerprint density at radius 2 is 1.94 bits per heavy atom. The molecule has 0 aromatic heterocycles. The minimum atomic E-state index is -0.0567. The second-order valence-corrected chi connectivity index (χ2v) is 5.48. The van der Waals surface area contributed by atoms with Gasteiger partial charge in [-0.2, -0.15) is 0 Å². The smallest absolute Gasteiger partial charge is 0.122 e. The quantitative estimate of drug-likeness (QED) is 0.720. The summed E-state index contributed by atoms with van der Waals surface area (Å²) < 4.78 is 6.38. The molecule has 0 spiro atoms. The van der Waals surface area contributed by atoms with Gasteiger partial charge in [-0.15, -0.1) is 11.6 Å². The molecular weight excluding hydrogens is 312 g/mol. The van der Waals surface area contributed by atoms with Crippen molar-refractivity contribution < 1.29 is 4.74 Å². The highest BCUT2D eigenvalue weighted by Crippen LogP contribution is 2.30. The Bertz CT molecular complexity index is 527. The number of para-hydroxylation sites is 1. The molecule has 0 amide bonds. The number of hydrogen-bond acceptors (Lipinski definition) is 1. The summed E-state index contributed by atoms with van der Waals surface area (Å²) in [6.07, 6.45) is 0.752. The van der Waals surface area contributed by atoms with E-state index in [2.05, 4.69) is 15.9 Å². The topological polar surface area (TPSA) is 9.23 Å². The predicted octanol–water partition coefficient (Wildman–Crippen LogP) is 4.98. The lowest BCUT2D eigenvalue weighted by molar-refractivity contribution is 0.409. The van der Waals surface area contributed by atoms with Crippen molar-refractivity contribution in [3.05, 3.63) is 64.1 Å². The molecule has 0 radical (unpaired) electrons. The van der Waals surface area contributed by atoms with Gasteiger partial charge in [0.1, 0.15) is 5.75 Å². The minimum absolute atomic E-state index is 0.0567. The molecule has 18 heavy (non-hydrogen) atoms. The molecule has 0 heterocycles. The summed E-state index contributed by atoms with van der Waals surface area (Å²) in [5.41, 5.74) is 2.23. The maximum Gasteiger partial charge on any atom is 0.122 e. The van der Waals surface area contributed by atoms with Crippen molar-refractivity contribution in [1.29, 1.82) is 0 Å². The molecule has 0 fully saturated rings. The van der Waals surface area contributed by atoms with Gasteiger partial charge in [0.25, 0.3) is 0 Å². The van der Waals surface area contributed by atoms with Gasteiger partial charge in [-0.25, -0.2) is 0 Å². The van der Waals surface area contributed by atoms with Crippen LogP contribution in [0.3, 0.4) is 0 Å².